The van der Waals surface area contributed by atoms with E-state index in [4.69, 9.17) is 4.74 Å². The van der Waals surface area contributed by atoms with Gasteiger partial charge in [0.25, 0.3) is 5.91 Å². The zero-order valence-electron chi connectivity index (χ0n) is 17.4. The summed E-state index contributed by atoms with van der Waals surface area (Å²) < 4.78 is 5.81. The number of fused-ring (bicyclic) bond motifs is 4. The lowest BCUT2D eigenvalue weighted by Gasteiger charge is -2.30. The third kappa shape index (κ3) is 4.82. The molecule has 2 heterocycles. The molecule has 0 aliphatic carbocycles. The predicted octanol–water partition coefficient (Wildman–Crippen LogP) is 2.66. The minimum atomic E-state index is -0.0907. The van der Waals surface area contributed by atoms with Crippen molar-refractivity contribution in [1.29, 1.82) is 0 Å². The first-order chi connectivity index (χ1) is 14.6. The summed E-state index contributed by atoms with van der Waals surface area (Å²) in [4.78, 5) is 27.7. The largest absolute Gasteiger partial charge is 0.491 e. The Hall–Kier alpha value is -2.86. The molecule has 2 aliphatic rings. The van der Waals surface area contributed by atoms with Crippen molar-refractivity contribution < 1.29 is 14.3 Å². The van der Waals surface area contributed by atoms with Crippen molar-refractivity contribution in [3.05, 3.63) is 65.2 Å². The summed E-state index contributed by atoms with van der Waals surface area (Å²) in [6.07, 6.45) is 2.38. The van der Waals surface area contributed by atoms with Crippen LogP contribution in [-0.4, -0.2) is 48.5 Å². The van der Waals surface area contributed by atoms with Crippen molar-refractivity contribution in [2.24, 2.45) is 0 Å². The van der Waals surface area contributed by atoms with Gasteiger partial charge in [0.05, 0.1) is 6.54 Å². The highest BCUT2D eigenvalue weighted by Gasteiger charge is 2.34. The van der Waals surface area contributed by atoms with Gasteiger partial charge < -0.3 is 15.4 Å². The molecule has 158 valence electrons. The highest BCUT2D eigenvalue weighted by atomic mass is 16.5. The van der Waals surface area contributed by atoms with Crippen molar-refractivity contribution >= 4 is 11.8 Å². The minimum absolute atomic E-state index is 0.0479. The summed E-state index contributed by atoms with van der Waals surface area (Å²) in [5, 5.41) is 6.08. The first kappa shape index (κ1) is 20.4. The minimum Gasteiger partial charge on any atom is -0.491 e. The molecule has 2 aromatic rings. The van der Waals surface area contributed by atoms with E-state index in [1.165, 1.54) is 5.56 Å². The molecule has 2 N–H and O–H groups in total. The lowest BCUT2D eigenvalue weighted by Crippen LogP contribution is -2.44. The monoisotopic (exact) mass is 407 g/mol. The Balaban J connectivity index is 1.56. The smallest absolute Gasteiger partial charge is 0.251 e. The Morgan fingerprint density at radius 3 is 2.67 bits per heavy atom. The lowest BCUT2D eigenvalue weighted by molar-refractivity contribution is -0.122. The number of amides is 2. The number of carbonyl (C=O) groups is 2. The summed E-state index contributed by atoms with van der Waals surface area (Å²) >= 11 is 0. The van der Waals surface area contributed by atoms with E-state index < -0.39 is 0 Å². The van der Waals surface area contributed by atoms with Crippen LogP contribution in [0.1, 0.15) is 40.7 Å². The number of benzene rings is 2. The molecule has 6 heteroatoms. The molecular formula is C24H29N3O3. The predicted molar refractivity (Wildman–Crippen MR) is 115 cm³/mol. The molecule has 0 saturated carbocycles. The fraction of sp³-hybridized carbons (Fsp3) is 0.417. The molecule has 1 fully saturated rings. The van der Waals surface area contributed by atoms with Crippen molar-refractivity contribution in [3.8, 4) is 5.75 Å². The van der Waals surface area contributed by atoms with Crippen LogP contribution in [0.5, 0.6) is 5.75 Å². The first-order valence-electron chi connectivity index (χ1n) is 10.7. The molecule has 4 bridgehead atoms. The topological polar surface area (TPSA) is 70.7 Å². The number of ether oxygens (including phenoxy) is 1. The molecule has 2 aromatic carbocycles. The number of aryl methyl sites for hydroxylation is 1. The maximum Gasteiger partial charge on any atom is 0.251 e. The Bertz CT molecular complexity index is 900. The molecule has 30 heavy (non-hydrogen) atoms. The molecule has 0 aromatic heterocycles. The number of rotatable bonds is 2. The summed E-state index contributed by atoms with van der Waals surface area (Å²) in [5.41, 5.74) is 2.78. The van der Waals surface area contributed by atoms with E-state index in [0.717, 1.165) is 24.9 Å². The van der Waals surface area contributed by atoms with Gasteiger partial charge in [-0.05, 0) is 43.0 Å². The molecule has 4 rings (SSSR count). The van der Waals surface area contributed by atoms with Crippen LogP contribution in [0.4, 0.5) is 0 Å². The SMILES string of the molecule is Cc1ccc2cc1OCCNC(=O)C[C@@H]1CC[C@H](CNC2=O)N1Cc1ccccc1. The quantitative estimate of drug-likeness (QED) is 0.803. The van der Waals surface area contributed by atoms with Gasteiger partial charge in [-0.2, -0.15) is 0 Å². The van der Waals surface area contributed by atoms with E-state index in [1.54, 1.807) is 6.07 Å². The maximum absolute atomic E-state index is 12.8. The van der Waals surface area contributed by atoms with Gasteiger partial charge in [0, 0.05) is 37.2 Å². The van der Waals surface area contributed by atoms with Crippen molar-refractivity contribution in [2.75, 3.05) is 19.7 Å². The zero-order chi connectivity index (χ0) is 20.9. The Morgan fingerprint density at radius 1 is 1.03 bits per heavy atom. The Morgan fingerprint density at radius 2 is 1.83 bits per heavy atom. The number of carbonyl (C=O) groups excluding carboxylic acids is 2. The number of hydrogen-bond donors (Lipinski definition) is 2. The van der Waals surface area contributed by atoms with Crippen LogP contribution < -0.4 is 15.4 Å². The average Bonchev–Trinajstić information content (AvgIpc) is 3.11. The van der Waals surface area contributed by atoms with Gasteiger partial charge in [0.1, 0.15) is 12.4 Å². The molecule has 2 amide bonds. The lowest BCUT2D eigenvalue weighted by atomic mass is 10.1. The van der Waals surface area contributed by atoms with Crippen LogP contribution in [0, 0.1) is 6.92 Å². The highest BCUT2D eigenvalue weighted by Crippen LogP contribution is 2.28. The highest BCUT2D eigenvalue weighted by molar-refractivity contribution is 5.94. The summed E-state index contributed by atoms with van der Waals surface area (Å²) in [7, 11) is 0. The van der Waals surface area contributed by atoms with Crippen LogP contribution in [0.2, 0.25) is 0 Å². The second-order valence-corrected chi connectivity index (χ2v) is 8.14. The standard InChI is InChI=1S/C24H29N3O3/c1-17-7-8-19-13-22(17)30-12-11-25-23(28)14-20-9-10-21(15-26-24(19)29)27(20)16-18-5-3-2-4-6-18/h2-8,13,20-21H,9-12,14-16H2,1H3,(H,25,28)(H,26,29)/t20-,21+/m0/s1. The zero-order valence-corrected chi connectivity index (χ0v) is 17.4. The van der Waals surface area contributed by atoms with Crippen LogP contribution in [-0.2, 0) is 11.3 Å². The molecule has 0 spiro atoms. The van der Waals surface area contributed by atoms with Crippen LogP contribution in [0.15, 0.2) is 48.5 Å². The molecule has 2 atom stereocenters. The normalized spacial score (nSPS) is 23.0. The molecule has 0 radical (unpaired) electrons. The molecule has 2 aliphatic heterocycles. The number of hydrogen-bond acceptors (Lipinski definition) is 4. The second kappa shape index (κ2) is 9.30. The summed E-state index contributed by atoms with van der Waals surface area (Å²) in [5.74, 6) is 0.637. The first-order valence-corrected chi connectivity index (χ1v) is 10.7. The van der Waals surface area contributed by atoms with E-state index in [2.05, 4.69) is 27.7 Å². The van der Waals surface area contributed by atoms with Gasteiger partial charge in [-0.15, -0.1) is 0 Å². The van der Waals surface area contributed by atoms with Gasteiger partial charge in [0.2, 0.25) is 5.91 Å². The van der Waals surface area contributed by atoms with Gasteiger partial charge in [-0.25, -0.2) is 0 Å². The number of nitrogens with one attached hydrogen (secondary N) is 2. The van der Waals surface area contributed by atoms with E-state index in [9.17, 15) is 9.59 Å². The maximum atomic E-state index is 12.8. The van der Waals surface area contributed by atoms with E-state index in [0.29, 0.717) is 37.4 Å². The Labute approximate surface area is 177 Å². The Kier molecular flexibility index (Phi) is 6.33. The molecule has 1 saturated heterocycles. The van der Waals surface area contributed by atoms with Gasteiger partial charge in [0.15, 0.2) is 0 Å². The average molecular weight is 408 g/mol. The second-order valence-electron chi connectivity index (χ2n) is 8.14. The number of nitrogens with zero attached hydrogens (tertiary/aromatic N) is 1. The summed E-state index contributed by atoms with van der Waals surface area (Å²) in [6, 6.07) is 16.2. The fourth-order valence-corrected chi connectivity index (χ4v) is 4.35. The third-order valence-electron chi connectivity index (χ3n) is 6.03. The van der Waals surface area contributed by atoms with Crippen molar-refractivity contribution in [2.45, 2.75) is 44.8 Å². The van der Waals surface area contributed by atoms with E-state index in [-0.39, 0.29) is 23.9 Å². The van der Waals surface area contributed by atoms with Gasteiger partial charge in [-0.3, -0.25) is 14.5 Å². The van der Waals surface area contributed by atoms with E-state index in [1.807, 2.05) is 37.3 Å². The van der Waals surface area contributed by atoms with Crippen LogP contribution >= 0.6 is 0 Å². The molecule has 6 nitrogen and oxygen atoms in total. The van der Waals surface area contributed by atoms with E-state index >= 15 is 0 Å². The molecular weight excluding hydrogens is 378 g/mol. The van der Waals surface area contributed by atoms with Crippen molar-refractivity contribution in [3.63, 3.8) is 0 Å². The summed E-state index contributed by atoms with van der Waals surface area (Å²) in [6.45, 7) is 4.11. The van der Waals surface area contributed by atoms with Gasteiger partial charge >= 0.3 is 0 Å². The van der Waals surface area contributed by atoms with Crippen LogP contribution in [0.25, 0.3) is 0 Å². The van der Waals surface area contributed by atoms with Crippen molar-refractivity contribution in [1.82, 2.24) is 15.5 Å². The van der Waals surface area contributed by atoms with Crippen LogP contribution in [0.3, 0.4) is 0 Å². The van der Waals surface area contributed by atoms with Gasteiger partial charge in [-0.1, -0.05) is 36.4 Å². The molecule has 0 unspecified atom stereocenters. The third-order valence-corrected chi connectivity index (χ3v) is 6.03. The fourth-order valence-electron chi connectivity index (χ4n) is 4.35.